The Labute approximate surface area is 118 Å². The van der Waals surface area contributed by atoms with Crippen molar-refractivity contribution in [2.45, 2.75) is 13.3 Å². The Kier molecular flexibility index (Phi) is 4.84. The molecule has 0 spiro atoms. The fourth-order valence-electron chi connectivity index (χ4n) is 2.62. The molecule has 2 rings (SSSR count). The van der Waals surface area contributed by atoms with E-state index in [1.54, 1.807) is 12.1 Å². The van der Waals surface area contributed by atoms with Gasteiger partial charge in [-0.25, -0.2) is 0 Å². The second-order valence-electron chi connectivity index (χ2n) is 5.19. The minimum Gasteiger partial charge on any atom is -0.508 e. The summed E-state index contributed by atoms with van der Waals surface area (Å²) in [6.07, 6.45) is 0.906. The van der Waals surface area contributed by atoms with E-state index in [2.05, 4.69) is 11.8 Å². The topological polar surface area (TPSA) is 70.0 Å². The molecule has 1 aliphatic heterocycles. The average Bonchev–Trinajstić information content (AvgIpc) is 2.89. The van der Waals surface area contributed by atoms with Crippen LogP contribution in [-0.4, -0.2) is 47.3 Å². The van der Waals surface area contributed by atoms with Crippen molar-refractivity contribution in [1.82, 2.24) is 4.90 Å². The highest BCUT2D eigenvalue weighted by Gasteiger charge is 2.33. The first-order valence-electron chi connectivity index (χ1n) is 6.97. The largest absolute Gasteiger partial charge is 0.508 e. The number of aromatic hydroxyl groups is 1. The Bertz CT molecular complexity index is 446. The van der Waals surface area contributed by atoms with Gasteiger partial charge in [0.2, 0.25) is 0 Å². The Balaban J connectivity index is 1.93. The quantitative estimate of drug-likeness (QED) is 0.831. The molecule has 110 valence electrons. The Morgan fingerprint density at radius 1 is 1.45 bits per heavy atom. The fraction of sp³-hybridized carbons (Fsp3) is 0.533. The maximum absolute atomic E-state index is 11.4. The summed E-state index contributed by atoms with van der Waals surface area (Å²) >= 11 is 0. The van der Waals surface area contributed by atoms with Crippen LogP contribution in [0.1, 0.15) is 13.3 Å². The van der Waals surface area contributed by atoms with Crippen LogP contribution < -0.4 is 4.74 Å². The van der Waals surface area contributed by atoms with E-state index < -0.39 is 11.9 Å². The molecule has 5 nitrogen and oxygen atoms in total. The number of phenols is 1. The highest BCUT2D eigenvalue weighted by atomic mass is 16.5. The lowest BCUT2D eigenvalue weighted by Crippen LogP contribution is -2.31. The first-order chi connectivity index (χ1) is 9.60. The molecule has 0 aromatic heterocycles. The summed E-state index contributed by atoms with van der Waals surface area (Å²) in [4.78, 5) is 13.7. The highest BCUT2D eigenvalue weighted by Crippen LogP contribution is 2.26. The molecule has 2 unspecified atom stereocenters. The third-order valence-corrected chi connectivity index (χ3v) is 3.91. The summed E-state index contributed by atoms with van der Waals surface area (Å²) in [7, 11) is 0. The number of hydrogen-bond acceptors (Lipinski definition) is 4. The molecule has 1 aromatic carbocycles. The van der Waals surface area contributed by atoms with Crippen LogP contribution in [0.5, 0.6) is 11.5 Å². The zero-order valence-electron chi connectivity index (χ0n) is 11.7. The number of likely N-dealkylation sites (tertiary alicyclic amines) is 1. The molecule has 1 fully saturated rings. The molecular formula is C15H21NO4. The van der Waals surface area contributed by atoms with E-state index in [0.717, 1.165) is 26.1 Å². The van der Waals surface area contributed by atoms with Crippen molar-refractivity contribution in [2.24, 2.45) is 11.8 Å². The van der Waals surface area contributed by atoms with Crippen LogP contribution in [0.2, 0.25) is 0 Å². The van der Waals surface area contributed by atoms with E-state index in [4.69, 9.17) is 4.74 Å². The van der Waals surface area contributed by atoms with Gasteiger partial charge in [-0.1, -0.05) is 6.92 Å². The molecule has 2 atom stereocenters. The summed E-state index contributed by atoms with van der Waals surface area (Å²) in [5.41, 5.74) is 0. The lowest BCUT2D eigenvalue weighted by molar-refractivity contribution is -0.144. The van der Waals surface area contributed by atoms with Gasteiger partial charge in [-0.2, -0.15) is 0 Å². The second-order valence-corrected chi connectivity index (χ2v) is 5.19. The van der Waals surface area contributed by atoms with Crippen molar-refractivity contribution in [2.75, 3.05) is 26.2 Å². The molecule has 0 radical (unpaired) electrons. The maximum atomic E-state index is 11.4. The molecule has 5 heteroatoms. The molecule has 1 aromatic rings. The molecule has 0 aliphatic carbocycles. The number of phenolic OH excluding ortho intramolecular Hbond substituents is 1. The number of ether oxygens (including phenoxy) is 1. The average molecular weight is 279 g/mol. The van der Waals surface area contributed by atoms with Crippen molar-refractivity contribution in [1.29, 1.82) is 0 Å². The Hall–Kier alpha value is -1.75. The number of benzene rings is 1. The van der Waals surface area contributed by atoms with Gasteiger partial charge in [0.05, 0.1) is 5.92 Å². The van der Waals surface area contributed by atoms with Gasteiger partial charge in [-0.05, 0) is 49.7 Å². The van der Waals surface area contributed by atoms with Crippen LogP contribution in [0.25, 0.3) is 0 Å². The van der Waals surface area contributed by atoms with Gasteiger partial charge in [0.25, 0.3) is 0 Å². The summed E-state index contributed by atoms with van der Waals surface area (Å²) < 4.78 is 5.56. The normalized spacial score (nSPS) is 20.8. The van der Waals surface area contributed by atoms with Crippen LogP contribution in [0.4, 0.5) is 0 Å². The van der Waals surface area contributed by atoms with E-state index in [9.17, 15) is 15.0 Å². The zero-order chi connectivity index (χ0) is 14.5. The molecule has 1 saturated heterocycles. The SMILES string of the molecule is CCN1CCC(C(COc2ccc(O)cc2)C(=O)O)C1. The summed E-state index contributed by atoms with van der Waals surface area (Å²) in [5.74, 6) is -0.391. The van der Waals surface area contributed by atoms with E-state index >= 15 is 0 Å². The number of carboxylic acid groups (broad SMARTS) is 1. The highest BCUT2D eigenvalue weighted by molar-refractivity contribution is 5.70. The Morgan fingerprint density at radius 2 is 2.15 bits per heavy atom. The summed E-state index contributed by atoms with van der Waals surface area (Å²) in [6.45, 7) is 5.01. The van der Waals surface area contributed by atoms with Gasteiger partial charge in [0, 0.05) is 6.54 Å². The number of aliphatic carboxylic acids is 1. The molecule has 0 saturated carbocycles. The standard InChI is InChI=1S/C15H21NO4/c1-2-16-8-7-11(9-16)14(15(18)19)10-20-13-5-3-12(17)4-6-13/h3-6,11,14,17H,2,7-10H2,1H3,(H,18,19). The first-order valence-corrected chi connectivity index (χ1v) is 6.97. The monoisotopic (exact) mass is 279 g/mol. The van der Waals surface area contributed by atoms with Crippen LogP contribution >= 0.6 is 0 Å². The van der Waals surface area contributed by atoms with E-state index in [1.807, 2.05) is 0 Å². The smallest absolute Gasteiger partial charge is 0.310 e. The van der Waals surface area contributed by atoms with E-state index in [1.165, 1.54) is 12.1 Å². The van der Waals surface area contributed by atoms with Crippen LogP contribution in [0.3, 0.4) is 0 Å². The minimum atomic E-state index is -0.799. The van der Waals surface area contributed by atoms with E-state index in [0.29, 0.717) is 5.75 Å². The van der Waals surface area contributed by atoms with Crippen LogP contribution in [-0.2, 0) is 4.79 Å². The molecule has 2 N–H and O–H groups in total. The number of carboxylic acids is 1. The molecule has 20 heavy (non-hydrogen) atoms. The lowest BCUT2D eigenvalue weighted by atomic mass is 9.92. The van der Waals surface area contributed by atoms with E-state index in [-0.39, 0.29) is 18.3 Å². The lowest BCUT2D eigenvalue weighted by Gasteiger charge is -2.20. The zero-order valence-corrected chi connectivity index (χ0v) is 11.7. The van der Waals surface area contributed by atoms with Crippen molar-refractivity contribution < 1.29 is 19.7 Å². The second kappa shape index (κ2) is 6.61. The molecule has 0 amide bonds. The molecular weight excluding hydrogens is 258 g/mol. The van der Waals surface area contributed by atoms with Crippen LogP contribution in [0.15, 0.2) is 24.3 Å². The van der Waals surface area contributed by atoms with Gasteiger partial charge in [-0.3, -0.25) is 4.79 Å². The summed E-state index contributed by atoms with van der Waals surface area (Å²) in [6, 6.07) is 6.33. The van der Waals surface area contributed by atoms with Gasteiger partial charge >= 0.3 is 5.97 Å². The van der Waals surface area contributed by atoms with Crippen molar-refractivity contribution in [3.05, 3.63) is 24.3 Å². The minimum absolute atomic E-state index is 0.143. The third kappa shape index (κ3) is 3.63. The van der Waals surface area contributed by atoms with Crippen molar-refractivity contribution in [3.63, 3.8) is 0 Å². The summed E-state index contributed by atoms with van der Waals surface area (Å²) in [5, 5.41) is 18.6. The van der Waals surface area contributed by atoms with Gasteiger partial charge in [-0.15, -0.1) is 0 Å². The third-order valence-electron chi connectivity index (χ3n) is 3.91. The predicted octanol–water partition coefficient (Wildman–Crippen LogP) is 1.81. The number of rotatable bonds is 6. The Morgan fingerprint density at radius 3 is 2.70 bits per heavy atom. The number of hydrogen-bond donors (Lipinski definition) is 2. The number of nitrogens with zero attached hydrogens (tertiary/aromatic N) is 1. The van der Waals surface area contributed by atoms with Crippen molar-refractivity contribution >= 4 is 5.97 Å². The van der Waals surface area contributed by atoms with Gasteiger partial charge < -0.3 is 19.8 Å². The fourth-order valence-corrected chi connectivity index (χ4v) is 2.62. The maximum Gasteiger partial charge on any atom is 0.310 e. The first kappa shape index (κ1) is 14.7. The van der Waals surface area contributed by atoms with Crippen LogP contribution in [0, 0.1) is 11.8 Å². The van der Waals surface area contributed by atoms with Crippen molar-refractivity contribution in [3.8, 4) is 11.5 Å². The molecule has 1 aliphatic rings. The number of carbonyl (C=O) groups is 1. The van der Waals surface area contributed by atoms with Gasteiger partial charge in [0.15, 0.2) is 0 Å². The predicted molar refractivity (Wildman–Crippen MR) is 74.9 cm³/mol. The molecule has 0 bridgehead atoms. The van der Waals surface area contributed by atoms with Gasteiger partial charge in [0.1, 0.15) is 18.1 Å². The molecule has 1 heterocycles.